The van der Waals surface area contributed by atoms with Crippen LogP contribution in [0.4, 0.5) is 5.69 Å². The number of fused-ring (bicyclic) bond motifs is 2. The van der Waals surface area contributed by atoms with Crippen molar-refractivity contribution in [3.8, 4) is 0 Å². The lowest BCUT2D eigenvalue weighted by Gasteiger charge is -2.12. The molecule has 4 aromatic rings. The molecule has 0 aliphatic rings. The van der Waals surface area contributed by atoms with E-state index in [0.717, 1.165) is 26.4 Å². The molecule has 0 aliphatic carbocycles. The van der Waals surface area contributed by atoms with Crippen LogP contribution in [0.25, 0.3) is 21.5 Å². The van der Waals surface area contributed by atoms with E-state index >= 15 is 0 Å². The second kappa shape index (κ2) is 8.37. The van der Waals surface area contributed by atoms with Gasteiger partial charge in [-0.2, -0.15) is 0 Å². The Balaban J connectivity index is 1.56. The highest BCUT2D eigenvalue weighted by Crippen LogP contribution is 2.29. The van der Waals surface area contributed by atoms with Crippen LogP contribution in [0.2, 0.25) is 0 Å². The van der Waals surface area contributed by atoms with Crippen LogP contribution in [0.1, 0.15) is 10.4 Å². The molecule has 1 amide bonds. The zero-order chi connectivity index (χ0) is 20.2. The molecule has 0 saturated carbocycles. The first-order valence-corrected chi connectivity index (χ1v) is 10.4. The van der Waals surface area contributed by atoms with E-state index in [1.54, 1.807) is 17.8 Å². The van der Waals surface area contributed by atoms with Crippen molar-refractivity contribution in [2.75, 3.05) is 18.2 Å². The van der Waals surface area contributed by atoms with Crippen molar-refractivity contribution in [3.63, 3.8) is 0 Å². The lowest BCUT2D eigenvalue weighted by Crippen LogP contribution is -2.21. The first-order valence-electron chi connectivity index (χ1n) is 9.17. The van der Waals surface area contributed by atoms with Gasteiger partial charge in [0.1, 0.15) is 0 Å². The van der Waals surface area contributed by atoms with Crippen LogP contribution in [0.5, 0.6) is 0 Å². The fraction of sp³-hybridized carbons (Fsp3) is 0.0833. The molecule has 0 atom stereocenters. The van der Waals surface area contributed by atoms with E-state index in [0.29, 0.717) is 11.3 Å². The molecule has 0 unspecified atom stereocenters. The summed E-state index contributed by atoms with van der Waals surface area (Å²) >= 11 is 1.59. The number of thioether (sulfide) groups is 1. The summed E-state index contributed by atoms with van der Waals surface area (Å²) in [5, 5.41) is 6.30. The van der Waals surface area contributed by atoms with E-state index in [-0.39, 0.29) is 12.5 Å². The molecule has 0 aromatic heterocycles. The van der Waals surface area contributed by atoms with E-state index < -0.39 is 5.97 Å². The maximum atomic E-state index is 12.9. The Bertz CT molecular complexity index is 1170. The van der Waals surface area contributed by atoms with Gasteiger partial charge in [0.25, 0.3) is 5.91 Å². The van der Waals surface area contributed by atoms with Crippen molar-refractivity contribution >= 4 is 50.9 Å². The van der Waals surface area contributed by atoms with Crippen molar-refractivity contribution in [3.05, 3.63) is 84.4 Å². The highest BCUT2D eigenvalue weighted by Gasteiger charge is 2.17. The number of carbonyl (C=O) groups excluding carboxylic acids is 2. The minimum Gasteiger partial charge on any atom is -0.452 e. The number of nitrogens with one attached hydrogen (secondary N) is 1. The zero-order valence-corrected chi connectivity index (χ0v) is 16.7. The fourth-order valence-electron chi connectivity index (χ4n) is 3.33. The zero-order valence-electron chi connectivity index (χ0n) is 15.8. The standard InChI is InChI=1S/C24H19NO3S/c1-29-19-10-6-9-18(14-19)25-22(26)15-28-24(27)23-20-11-4-2-7-16(20)13-17-8-3-5-12-21(17)23/h2-14H,15H2,1H3,(H,25,26). The SMILES string of the molecule is CSc1cccc(NC(=O)COC(=O)c2c3ccccc3cc3ccccc23)c1. The second-order valence-corrected chi connectivity index (χ2v) is 7.43. The maximum absolute atomic E-state index is 12.9. The van der Waals surface area contributed by atoms with Crippen molar-refractivity contribution in [1.82, 2.24) is 0 Å². The molecule has 0 radical (unpaired) electrons. The molecule has 0 aliphatic heterocycles. The molecule has 4 rings (SSSR count). The molecule has 0 spiro atoms. The van der Waals surface area contributed by atoms with Crippen LogP contribution in [-0.2, 0) is 9.53 Å². The number of rotatable bonds is 5. The van der Waals surface area contributed by atoms with E-state index in [2.05, 4.69) is 5.32 Å². The van der Waals surface area contributed by atoms with Gasteiger partial charge in [-0.05, 0) is 52.1 Å². The molecule has 1 N–H and O–H groups in total. The van der Waals surface area contributed by atoms with E-state index in [4.69, 9.17) is 4.74 Å². The van der Waals surface area contributed by atoms with Crippen molar-refractivity contribution in [2.45, 2.75) is 4.90 Å². The van der Waals surface area contributed by atoms with Gasteiger partial charge in [-0.25, -0.2) is 4.79 Å². The molecule has 0 fully saturated rings. The Labute approximate surface area is 172 Å². The summed E-state index contributed by atoms with van der Waals surface area (Å²) in [5.41, 5.74) is 1.16. The summed E-state index contributed by atoms with van der Waals surface area (Å²) in [7, 11) is 0. The molecule has 0 bridgehead atoms. The molecule has 0 saturated heterocycles. The van der Waals surface area contributed by atoms with Gasteiger partial charge in [0.15, 0.2) is 6.61 Å². The van der Waals surface area contributed by atoms with Crippen LogP contribution in [0.15, 0.2) is 83.8 Å². The predicted molar refractivity (Wildman–Crippen MR) is 119 cm³/mol. The Kier molecular flexibility index (Phi) is 5.49. The van der Waals surface area contributed by atoms with Crippen LogP contribution >= 0.6 is 11.8 Å². The third-order valence-corrected chi connectivity index (χ3v) is 5.39. The largest absolute Gasteiger partial charge is 0.452 e. The fourth-order valence-corrected chi connectivity index (χ4v) is 3.79. The number of ether oxygens (including phenoxy) is 1. The van der Waals surface area contributed by atoms with Gasteiger partial charge >= 0.3 is 5.97 Å². The molecule has 5 heteroatoms. The monoisotopic (exact) mass is 401 g/mol. The number of anilines is 1. The smallest absolute Gasteiger partial charge is 0.339 e. The highest BCUT2D eigenvalue weighted by molar-refractivity contribution is 7.98. The van der Waals surface area contributed by atoms with Gasteiger partial charge < -0.3 is 10.1 Å². The number of amides is 1. The topological polar surface area (TPSA) is 55.4 Å². The normalized spacial score (nSPS) is 10.8. The lowest BCUT2D eigenvalue weighted by molar-refractivity contribution is -0.119. The van der Waals surface area contributed by atoms with E-state index in [1.807, 2.05) is 79.1 Å². The molecular formula is C24H19NO3S. The Morgan fingerprint density at radius 3 is 2.17 bits per heavy atom. The van der Waals surface area contributed by atoms with E-state index in [1.165, 1.54) is 0 Å². The second-order valence-electron chi connectivity index (χ2n) is 6.55. The third-order valence-electron chi connectivity index (χ3n) is 4.66. The molecule has 4 nitrogen and oxygen atoms in total. The molecule has 4 aromatic carbocycles. The van der Waals surface area contributed by atoms with E-state index in [9.17, 15) is 9.59 Å². The number of hydrogen-bond donors (Lipinski definition) is 1. The van der Waals surface area contributed by atoms with Crippen LogP contribution in [-0.4, -0.2) is 24.7 Å². The number of hydrogen-bond acceptors (Lipinski definition) is 4. The minimum absolute atomic E-state index is 0.347. The first kappa shape index (κ1) is 19.0. The lowest BCUT2D eigenvalue weighted by atomic mass is 9.97. The van der Waals surface area contributed by atoms with Crippen molar-refractivity contribution < 1.29 is 14.3 Å². The van der Waals surface area contributed by atoms with Crippen molar-refractivity contribution in [1.29, 1.82) is 0 Å². The molecule has 29 heavy (non-hydrogen) atoms. The minimum atomic E-state index is -0.508. The maximum Gasteiger partial charge on any atom is 0.339 e. The van der Waals surface area contributed by atoms with Gasteiger partial charge in [0.05, 0.1) is 5.56 Å². The first-order chi connectivity index (χ1) is 14.2. The van der Waals surface area contributed by atoms with Gasteiger partial charge in [0, 0.05) is 10.6 Å². The van der Waals surface area contributed by atoms with Crippen LogP contribution in [0, 0.1) is 0 Å². The summed E-state index contributed by atoms with van der Waals surface area (Å²) in [6, 6.07) is 24.9. The summed E-state index contributed by atoms with van der Waals surface area (Å²) in [4.78, 5) is 26.2. The van der Waals surface area contributed by atoms with Crippen molar-refractivity contribution in [2.24, 2.45) is 0 Å². The predicted octanol–water partition coefficient (Wildman–Crippen LogP) is 5.51. The highest BCUT2D eigenvalue weighted by atomic mass is 32.2. The molecule has 0 heterocycles. The number of benzene rings is 4. The quantitative estimate of drug-likeness (QED) is 0.272. The van der Waals surface area contributed by atoms with Crippen LogP contribution < -0.4 is 5.32 Å². The summed E-state index contributed by atoms with van der Waals surface area (Å²) < 4.78 is 5.38. The van der Waals surface area contributed by atoms with Gasteiger partial charge in [-0.3, -0.25) is 4.79 Å². The summed E-state index contributed by atoms with van der Waals surface area (Å²) in [5.74, 6) is -0.882. The summed E-state index contributed by atoms with van der Waals surface area (Å²) in [6.45, 7) is -0.347. The van der Waals surface area contributed by atoms with Crippen LogP contribution in [0.3, 0.4) is 0 Å². The summed E-state index contributed by atoms with van der Waals surface area (Å²) in [6.07, 6.45) is 1.97. The number of esters is 1. The molecule has 144 valence electrons. The average Bonchev–Trinajstić information content (AvgIpc) is 2.76. The third kappa shape index (κ3) is 4.10. The average molecular weight is 401 g/mol. The van der Waals surface area contributed by atoms with Gasteiger partial charge in [-0.15, -0.1) is 11.8 Å². The van der Waals surface area contributed by atoms with Gasteiger partial charge in [-0.1, -0.05) is 54.6 Å². The van der Waals surface area contributed by atoms with Gasteiger partial charge in [0.2, 0.25) is 0 Å². The number of carbonyl (C=O) groups is 2. The Morgan fingerprint density at radius 1 is 0.862 bits per heavy atom. The Hall–Kier alpha value is -3.31. The Morgan fingerprint density at radius 2 is 1.52 bits per heavy atom. The molecular weight excluding hydrogens is 382 g/mol.